The van der Waals surface area contributed by atoms with Crippen molar-refractivity contribution in [1.29, 1.82) is 0 Å². The highest BCUT2D eigenvalue weighted by atomic mass is 16.4. The zero-order valence-corrected chi connectivity index (χ0v) is 17.8. The third kappa shape index (κ3) is 1.76. The number of rotatable bonds is 1. The van der Waals surface area contributed by atoms with Gasteiger partial charge in [0.25, 0.3) is 11.8 Å². The van der Waals surface area contributed by atoms with Crippen molar-refractivity contribution in [1.82, 2.24) is 14.5 Å². The molecule has 0 spiro atoms. The number of aromatic nitrogens is 2. The van der Waals surface area contributed by atoms with Crippen LogP contribution in [0, 0.1) is 0 Å². The van der Waals surface area contributed by atoms with Gasteiger partial charge in [-0.05, 0) is 25.0 Å². The Morgan fingerprint density at radius 1 is 0.912 bits per heavy atom. The maximum Gasteiger partial charge on any atom is 0.325 e. The van der Waals surface area contributed by atoms with Crippen LogP contribution in [0.15, 0.2) is 48.5 Å². The summed E-state index contributed by atoms with van der Waals surface area (Å²) in [5, 5.41) is 15.9. The smallest absolute Gasteiger partial charge is 0.325 e. The number of carboxylic acids is 1. The van der Waals surface area contributed by atoms with Crippen molar-refractivity contribution in [3.05, 3.63) is 59.7 Å². The number of carbonyl (C=O) groups is 3. The molecule has 0 radical (unpaired) electrons. The Morgan fingerprint density at radius 3 is 2.03 bits per heavy atom. The number of imide groups is 1. The van der Waals surface area contributed by atoms with E-state index in [1.54, 1.807) is 0 Å². The van der Waals surface area contributed by atoms with E-state index in [1.807, 2.05) is 53.1 Å². The second-order valence-electron chi connectivity index (χ2n) is 9.71. The van der Waals surface area contributed by atoms with E-state index in [4.69, 9.17) is 5.73 Å². The van der Waals surface area contributed by atoms with Crippen molar-refractivity contribution >= 4 is 61.4 Å². The van der Waals surface area contributed by atoms with Crippen molar-refractivity contribution in [2.45, 2.75) is 30.5 Å². The van der Waals surface area contributed by atoms with Crippen LogP contribution in [-0.4, -0.2) is 37.6 Å². The maximum absolute atomic E-state index is 13.2. The van der Waals surface area contributed by atoms with Gasteiger partial charge in [0.2, 0.25) is 0 Å². The lowest BCUT2D eigenvalue weighted by molar-refractivity contribution is -0.144. The molecule has 5 aromatic rings. The minimum Gasteiger partial charge on any atom is -0.480 e. The summed E-state index contributed by atoms with van der Waals surface area (Å²) in [5.41, 5.74) is 9.35. The largest absolute Gasteiger partial charge is 0.480 e. The number of nitrogens with zero attached hydrogens (tertiary/aromatic N) is 2. The summed E-state index contributed by atoms with van der Waals surface area (Å²) in [6.45, 7) is 0. The molecule has 0 saturated heterocycles. The van der Waals surface area contributed by atoms with Crippen molar-refractivity contribution in [3.63, 3.8) is 0 Å². The highest BCUT2D eigenvalue weighted by Gasteiger charge is 2.55. The van der Waals surface area contributed by atoms with E-state index in [1.165, 1.54) is 0 Å². The van der Waals surface area contributed by atoms with Crippen LogP contribution in [0.4, 0.5) is 0 Å². The van der Waals surface area contributed by atoms with E-state index in [0.717, 1.165) is 38.2 Å². The average molecular weight is 450 g/mol. The van der Waals surface area contributed by atoms with Crippen LogP contribution in [0.1, 0.15) is 45.6 Å². The van der Waals surface area contributed by atoms with Crippen LogP contribution in [-0.2, 0) is 4.79 Å². The van der Waals surface area contributed by atoms with Crippen molar-refractivity contribution in [2.75, 3.05) is 0 Å². The number of para-hydroxylation sites is 2. The Hall–Kier alpha value is -4.17. The third-order valence-corrected chi connectivity index (χ3v) is 8.22. The second-order valence-corrected chi connectivity index (χ2v) is 9.71. The number of aliphatic carboxylic acids is 1. The molecule has 4 N–H and O–H groups in total. The van der Waals surface area contributed by atoms with Gasteiger partial charge < -0.3 is 20.0 Å². The lowest BCUT2D eigenvalue weighted by atomic mass is 9.93. The second kappa shape index (κ2) is 5.48. The molecule has 8 rings (SSSR count). The highest BCUT2D eigenvalue weighted by molar-refractivity contribution is 6.39. The van der Waals surface area contributed by atoms with Gasteiger partial charge in [-0.2, -0.15) is 0 Å². The molecule has 34 heavy (non-hydrogen) atoms. The summed E-state index contributed by atoms with van der Waals surface area (Å²) in [4.78, 5) is 38.8. The van der Waals surface area contributed by atoms with Gasteiger partial charge >= 0.3 is 5.97 Å². The number of hydrogen-bond acceptors (Lipinski definition) is 4. The lowest BCUT2D eigenvalue weighted by Crippen LogP contribution is -2.51. The van der Waals surface area contributed by atoms with E-state index < -0.39 is 29.4 Å². The number of nitrogens with two attached hydrogens (primary N) is 1. The number of nitrogens with one attached hydrogen (secondary N) is 1. The predicted octanol–water partition coefficient (Wildman–Crippen LogP) is 3.46. The third-order valence-electron chi connectivity index (χ3n) is 8.22. The molecule has 166 valence electrons. The topological polar surface area (TPSA) is 119 Å². The Bertz CT molecular complexity index is 1840. The first-order chi connectivity index (χ1) is 16.4. The summed E-state index contributed by atoms with van der Waals surface area (Å²) in [6, 6.07) is 14.8. The fraction of sp³-hybridized carbons (Fsp3) is 0.192. The average Bonchev–Trinajstić information content (AvgIpc) is 3.49. The summed E-state index contributed by atoms with van der Waals surface area (Å²) < 4.78 is 4.22. The molecule has 2 aliphatic heterocycles. The van der Waals surface area contributed by atoms with Gasteiger partial charge in [-0.25, -0.2) is 0 Å². The van der Waals surface area contributed by atoms with Gasteiger partial charge in [-0.3, -0.25) is 19.7 Å². The zero-order chi connectivity index (χ0) is 23.1. The minimum absolute atomic E-state index is 0.159. The van der Waals surface area contributed by atoms with Gasteiger partial charge in [-0.1, -0.05) is 36.4 Å². The molecule has 8 nitrogen and oxygen atoms in total. The summed E-state index contributed by atoms with van der Waals surface area (Å²) in [5.74, 6) is -1.85. The van der Waals surface area contributed by atoms with Crippen molar-refractivity contribution < 1.29 is 19.5 Å². The minimum atomic E-state index is -1.47. The van der Waals surface area contributed by atoms with Gasteiger partial charge in [0.05, 0.1) is 28.2 Å². The standard InChI is InChI=1S/C26H18N4O4/c27-26(25(33)34)10-11-9-16(26)30-15-8-4-2-6-13(15)18-20-19(23(31)28-24(20)32)17-12-5-1-3-7-14(12)29(11)21(17)22(18)30/h1-8,11,16H,9-10,27H2,(H,33,34)(H,28,31,32)/t11?,16?,26-/m0/s1. The predicted molar refractivity (Wildman–Crippen MR) is 126 cm³/mol. The quantitative estimate of drug-likeness (QED) is 0.338. The number of benzene rings is 3. The van der Waals surface area contributed by atoms with Crippen LogP contribution in [0.5, 0.6) is 0 Å². The number of carboxylic acid groups (broad SMARTS) is 1. The first-order valence-electron chi connectivity index (χ1n) is 11.3. The molecule has 8 heteroatoms. The number of hydrogen-bond donors (Lipinski definition) is 3. The van der Waals surface area contributed by atoms with Crippen LogP contribution in [0.3, 0.4) is 0 Å². The van der Waals surface area contributed by atoms with E-state index >= 15 is 0 Å². The van der Waals surface area contributed by atoms with Crippen molar-refractivity contribution in [2.24, 2.45) is 5.73 Å². The SMILES string of the molecule is N[C@@]1(C(=O)O)CC2CC1n1c3ccccc3c3c4c(c5c6ccccc6n2c5c31)C(=O)NC4=O. The molecule has 4 heterocycles. The maximum atomic E-state index is 13.2. The molecule has 1 aliphatic carbocycles. The van der Waals surface area contributed by atoms with E-state index in [9.17, 15) is 19.5 Å². The Balaban J connectivity index is 1.76. The Kier molecular flexibility index (Phi) is 2.95. The zero-order valence-electron chi connectivity index (χ0n) is 17.8. The fourth-order valence-corrected chi connectivity index (χ4v) is 6.97. The van der Waals surface area contributed by atoms with Crippen LogP contribution < -0.4 is 11.1 Å². The highest BCUT2D eigenvalue weighted by Crippen LogP contribution is 2.55. The molecule has 3 aliphatic rings. The molecular formula is C26H18N4O4. The van der Waals surface area contributed by atoms with Crippen LogP contribution >= 0.6 is 0 Å². The molecular weight excluding hydrogens is 432 g/mol. The molecule has 1 fully saturated rings. The summed E-state index contributed by atoms with van der Waals surface area (Å²) >= 11 is 0. The van der Waals surface area contributed by atoms with Crippen LogP contribution in [0.2, 0.25) is 0 Å². The number of amides is 2. The molecule has 2 aromatic heterocycles. The Morgan fingerprint density at radius 2 is 1.44 bits per heavy atom. The number of carbonyl (C=O) groups excluding carboxylic acids is 2. The first kappa shape index (κ1) is 18.3. The Labute approximate surface area is 191 Å². The van der Waals surface area contributed by atoms with Gasteiger partial charge in [0.1, 0.15) is 5.54 Å². The van der Waals surface area contributed by atoms with E-state index in [2.05, 4.69) is 9.88 Å². The fourth-order valence-electron chi connectivity index (χ4n) is 6.97. The molecule has 3 aromatic carbocycles. The van der Waals surface area contributed by atoms with Crippen LogP contribution in [0.25, 0.3) is 43.6 Å². The summed E-state index contributed by atoms with van der Waals surface area (Å²) in [7, 11) is 0. The molecule has 2 amide bonds. The number of fused-ring (bicyclic) bond motifs is 13. The summed E-state index contributed by atoms with van der Waals surface area (Å²) in [6.07, 6.45) is 0.820. The molecule has 1 saturated carbocycles. The molecule has 2 unspecified atom stereocenters. The molecule has 2 bridgehead atoms. The van der Waals surface area contributed by atoms with E-state index in [0.29, 0.717) is 22.9 Å². The normalized spacial score (nSPS) is 25.1. The van der Waals surface area contributed by atoms with Gasteiger partial charge in [0.15, 0.2) is 0 Å². The lowest BCUT2D eigenvalue weighted by Gasteiger charge is -2.30. The monoisotopic (exact) mass is 450 g/mol. The van der Waals surface area contributed by atoms with Gasteiger partial charge in [-0.15, -0.1) is 0 Å². The molecule has 3 atom stereocenters. The van der Waals surface area contributed by atoms with Crippen molar-refractivity contribution in [3.8, 4) is 0 Å². The van der Waals surface area contributed by atoms with Gasteiger partial charge in [0, 0.05) is 38.6 Å². The van der Waals surface area contributed by atoms with E-state index in [-0.39, 0.29) is 12.5 Å². The first-order valence-corrected chi connectivity index (χ1v) is 11.3.